The zero-order chi connectivity index (χ0) is 15.5. The zero-order valence-electron chi connectivity index (χ0n) is 12.8. The first kappa shape index (κ1) is 16.8. The van der Waals surface area contributed by atoms with Gasteiger partial charge in [-0.3, -0.25) is 4.79 Å². The molecule has 2 aliphatic rings. The van der Waals surface area contributed by atoms with Gasteiger partial charge in [0.25, 0.3) is 5.97 Å². The second-order valence-corrected chi connectivity index (χ2v) is 6.52. The van der Waals surface area contributed by atoms with Gasteiger partial charge in [-0.2, -0.15) is 0 Å². The lowest BCUT2D eigenvalue weighted by atomic mass is 9.99. The van der Waals surface area contributed by atoms with Crippen LogP contribution in [0.1, 0.15) is 53.4 Å². The molecule has 0 radical (unpaired) electrons. The summed E-state index contributed by atoms with van der Waals surface area (Å²) in [4.78, 5) is 23.0. The number of hydrogen-bond acceptors (Lipinski definition) is 4. The van der Waals surface area contributed by atoms with Crippen LogP contribution in [0, 0.1) is 0 Å². The topological polar surface area (TPSA) is 92.9 Å². The van der Waals surface area contributed by atoms with Gasteiger partial charge in [-0.05, 0) is 46.5 Å². The third-order valence-corrected chi connectivity index (χ3v) is 3.37. The molecule has 3 atom stereocenters. The quantitative estimate of drug-likeness (QED) is 0.710. The van der Waals surface area contributed by atoms with Crippen molar-refractivity contribution >= 4 is 12.1 Å². The lowest BCUT2D eigenvalue weighted by Crippen LogP contribution is -2.51. The fraction of sp³-hybridized carbons (Fsp3) is 0.857. The third-order valence-electron chi connectivity index (χ3n) is 3.37. The highest BCUT2D eigenvalue weighted by atomic mass is 16.6. The number of carbonyl (C=O) groups is 2. The standard InChI is InChI=1S/C12H22N2O2.C2H4O2/c1-12(2,3)16-11(15)14-9-4-5-10(14)7-8(13)6-9;1-2(3)4/h8-10H,4-7,13H2,1-3H3;1H3,(H,3,4)/t8?,9-,10+;. The minimum Gasteiger partial charge on any atom is -0.481 e. The van der Waals surface area contributed by atoms with Crippen LogP contribution in [0.5, 0.6) is 0 Å². The summed E-state index contributed by atoms with van der Waals surface area (Å²) < 4.78 is 5.44. The maximum atomic E-state index is 12.0. The number of amides is 1. The normalized spacial score (nSPS) is 28.4. The Labute approximate surface area is 120 Å². The van der Waals surface area contributed by atoms with Crippen LogP contribution >= 0.6 is 0 Å². The summed E-state index contributed by atoms with van der Waals surface area (Å²) in [7, 11) is 0. The van der Waals surface area contributed by atoms with Crippen molar-refractivity contribution in [3.05, 3.63) is 0 Å². The molecule has 0 spiro atoms. The van der Waals surface area contributed by atoms with Crippen molar-refractivity contribution in [2.75, 3.05) is 0 Å². The molecule has 2 bridgehead atoms. The molecular formula is C14H26N2O4. The Morgan fingerprint density at radius 2 is 1.60 bits per heavy atom. The SMILES string of the molecule is CC(=O)O.CC(C)(C)OC(=O)N1[C@@H]2CC[C@H]1CC(N)C2. The Morgan fingerprint density at radius 3 is 1.95 bits per heavy atom. The van der Waals surface area contributed by atoms with E-state index in [1.807, 2.05) is 25.7 Å². The molecule has 0 aliphatic carbocycles. The van der Waals surface area contributed by atoms with Crippen molar-refractivity contribution in [3.63, 3.8) is 0 Å². The van der Waals surface area contributed by atoms with Crippen molar-refractivity contribution in [3.8, 4) is 0 Å². The molecule has 3 N–H and O–H groups in total. The molecule has 2 rings (SSSR count). The van der Waals surface area contributed by atoms with Gasteiger partial charge in [0.1, 0.15) is 5.60 Å². The predicted molar refractivity (Wildman–Crippen MR) is 75.4 cm³/mol. The number of ether oxygens (including phenoxy) is 1. The summed E-state index contributed by atoms with van der Waals surface area (Å²) in [6.45, 7) is 6.80. The van der Waals surface area contributed by atoms with Gasteiger partial charge in [0, 0.05) is 25.0 Å². The molecule has 1 amide bonds. The van der Waals surface area contributed by atoms with Gasteiger partial charge in [-0.15, -0.1) is 0 Å². The van der Waals surface area contributed by atoms with Crippen LogP contribution in [0.4, 0.5) is 4.79 Å². The Morgan fingerprint density at radius 1 is 1.20 bits per heavy atom. The lowest BCUT2D eigenvalue weighted by molar-refractivity contribution is -0.134. The fourth-order valence-corrected chi connectivity index (χ4v) is 2.83. The number of nitrogens with zero attached hydrogens (tertiary/aromatic N) is 1. The number of aliphatic carboxylic acids is 1. The number of piperidine rings is 1. The van der Waals surface area contributed by atoms with Crippen LogP contribution in [0.15, 0.2) is 0 Å². The van der Waals surface area contributed by atoms with E-state index in [9.17, 15) is 4.79 Å². The van der Waals surface area contributed by atoms with Crippen molar-refractivity contribution in [2.45, 2.75) is 77.1 Å². The fourth-order valence-electron chi connectivity index (χ4n) is 2.83. The molecule has 20 heavy (non-hydrogen) atoms. The lowest BCUT2D eigenvalue weighted by Gasteiger charge is -2.38. The highest BCUT2D eigenvalue weighted by molar-refractivity contribution is 5.69. The van der Waals surface area contributed by atoms with Crippen molar-refractivity contribution < 1.29 is 19.4 Å². The molecule has 2 aliphatic heterocycles. The molecular weight excluding hydrogens is 260 g/mol. The monoisotopic (exact) mass is 286 g/mol. The summed E-state index contributed by atoms with van der Waals surface area (Å²) >= 11 is 0. The van der Waals surface area contributed by atoms with Gasteiger partial charge in [0.05, 0.1) is 0 Å². The Balaban J connectivity index is 0.000000444. The number of nitrogens with two attached hydrogens (primary N) is 1. The first-order valence-electron chi connectivity index (χ1n) is 7.06. The number of hydrogen-bond donors (Lipinski definition) is 2. The molecule has 6 nitrogen and oxygen atoms in total. The summed E-state index contributed by atoms with van der Waals surface area (Å²) in [5, 5.41) is 7.42. The van der Waals surface area contributed by atoms with Crippen molar-refractivity contribution in [1.82, 2.24) is 4.90 Å². The molecule has 6 heteroatoms. The average Bonchev–Trinajstić information content (AvgIpc) is 2.48. The van der Waals surface area contributed by atoms with E-state index in [4.69, 9.17) is 20.4 Å². The van der Waals surface area contributed by atoms with Crippen molar-refractivity contribution in [1.29, 1.82) is 0 Å². The maximum Gasteiger partial charge on any atom is 0.410 e. The Kier molecular flexibility index (Phi) is 5.39. The minimum absolute atomic E-state index is 0.160. The van der Waals surface area contributed by atoms with Crippen LogP contribution in [0.25, 0.3) is 0 Å². The van der Waals surface area contributed by atoms with Gasteiger partial charge in [-0.1, -0.05) is 0 Å². The third kappa shape index (κ3) is 5.00. The second kappa shape index (κ2) is 6.43. The minimum atomic E-state index is -0.833. The number of carbonyl (C=O) groups excluding carboxylic acids is 1. The van der Waals surface area contributed by atoms with Crippen LogP contribution in [0.3, 0.4) is 0 Å². The number of fused-ring (bicyclic) bond motifs is 2. The first-order chi connectivity index (χ1) is 9.10. The number of carboxylic acids is 1. The first-order valence-corrected chi connectivity index (χ1v) is 7.06. The van der Waals surface area contributed by atoms with E-state index in [1.54, 1.807) is 0 Å². The molecule has 2 heterocycles. The molecule has 2 fully saturated rings. The van der Waals surface area contributed by atoms with Crippen LogP contribution in [0.2, 0.25) is 0 Å². The Bertz CT molecular complexity index is 347. The molecule has 2 saturated heterocycles. The van der Waals surface area contributed by atoms with Gasteiger partial charge in [0.15, 0.2) is 0 Å². The maximum absolute atomic E-state index is 12.0. The van der Waals surface area contributed by atoms with E-state index in [1.165, 1.54) is 0 Å². The highest BCUT2D eigenvalue weighted by Gasteiger charge is 2.43. The molecule has 1 unspecified atom stereocenters. The van der Waals surface area contributed by atoms with E-state index in [-0.39, 0.29) is 12.1 Å². The van der Waals surface area contributed by atoms with E-state index in [0.717, 1.165) is 32.6 Å². The molecule has 0 aromatic rings. The molecule has 116 valence electrons. The molecule has 0 saturated carbocycles. The van der Waals surface area contributed by atoms with Crippen LogP contribution < -0.4 is 5.73 Å². The van der Waals surface area contributed by atoms with Crippen LogP contribution in [-0.2, 0) is 9.53 Å². The average molecular weight is 286 g/mol. The van der Waals surface area contributed by atoms with Crippen molar-refractivity contribution in [2.24, 2.45) is 5.73 Å². The highest BCUT2D eigenvalue weighted by Crippen LogP contribution is 2.36. The summed E-state index contributed by atoms with van der Waals surface area (Å²) in [6.07, 6.45) is 3.85. The number of carboxylic acid groups (broad SMARTS) is 1. The van der Waals surface area contributed by atoms with Gasteiger partial charge < -0.3 is 20.5 Å². The van der Waals surface area contributed by atoms with Gasteiger partial charge in [0.2, 0.25) is 0 Å². The number of rotatable bonds is 0. The predicted octanol–water partition coefficient (Wildman–Crippen LogP) is 1.97. The van der Waals surface area contributed by atoms with E-state index < -0.39 is 11.6 Å². The van der Waals surface area contributed by atoms with E-state index in [0.29, 0.717) is 12.1 Å². The summed E-state index contributed by atoms with van der Waals surface area (Å²) in [5.41, 5.74) is 5.56. The molecule has 0 aromatic heterocycles. The van der Waals surface area contributed by atoms with E-state index >= 15 is 0 Å². The smallest absolute Gasteiger partial charge is 0.410 e. The second-order valence-electron chi connectivity index (χ2n) is 6.52. The van der Waals surface area contributed by atoms with Crippen LogP contribution in [-0.4, -0.2) is 45.8 Å². The van der Waals surface area contributed by atoms with Gasteiger partial charge >= 0.3 is 6.09 Å². The van der Waals surface area contributed by atoms with E-state index in [2.05, 4.69) is 0 Å². The Hall–Kier alpha value is -1.30. The molecule has 0 aromatic carbocycles. The largest absolute Gasteiger partial charge is 0.481 e. The van der Waals surface area contributed by atoms with Gasteiger partial charge in [-0.25, -0.2) is 4.79 Å². The zero-order valence-corrected chi connectivity index (χ0v) is 12.8. The summed E-state index contributed by atoms with van der Waals surface area (Å²) in [5.74, 6) is -0.833. The summed E-state index contributed by atoms with van der Waals surface area (Å²) in [6, 6.07) is 0.878.